The minimum absolute atomic E-state index is 0.00585. The third-order valence-corrected chi connectivity index (χ3v) is 5.06. The molecule has 0 bridgehead atoms. The van der Waals surface area contributed by atoms with Crippen LogP contribution in [0, 0.1) is 13.8 Å². The Bertz CT molecular complexity index is 924. The molecule has 2 N–H and O–H groups in total. The molecule has 2 aromatic carbocycles. The minimum Gasteiger partial charge on any atom is -0.340 e. The molecule has 0 aromatic heterocycles. The lowest BCUT2D eigenvalue weighted by Gasteiger charge is -2.19. The number of rotatable bonds is 7. The summed E-state index contributed by atoms with van der Waals surface area (Å²) in [5.74, 6) is -1.07. The monoisotopic (exact) mass is 388 g/mol. The van der Waals surface area contributed by atoms with Gasteiger partial charge in [0, 0.05) is 17.5 Å². The van der Waals surface area contributed by atoms with E-state index in [1.165, 1.54) is 0 Å². The second-order valence-corrected chi connectivity index (χ2v) is 8.88. The largest absolute Gasteiger partial charge is 0.340 e. The van der Waals surface area contributed by atoms with Crippen molar-refractivity contribution in [3.8, 4) is 0 Å². The van der Waals surface area contributed by atoms with E-state index in [0.717, 1.165) is 17.4 Å². The highest BCUT2D eigenvalue weighted by Crippen LogP contribution is 2.17. The summed E-state index contributed by atoms with van der Waals surface area (Å²) in [5, 5.41) is 5.44. The molecule has 0 heterocycles. The lowest BCUT2D eigenvalue weighted by atomic mass is 10.1. The van der Waals surface area contributed by atoms with E-state index in [0.29, 0.717) is 11.3 Å². The first-order valence-corrected chi connectivity index (χ1v) is 10.6. The van der Waals surface area contributed by atoms with Crippen LogP contribution in [0.25, 0.3) is 0 Å². The summed E-state index contributed by atoms with van der Waals surface area (Å²) in [6.45, 7) is 3.77. The van der Waals surface area contributed by atoms with Gasteiger partial charge in [-0.25, -0.2) is 8.42 Å². The van der Waals surface area contributed by atoms with Crippen molar-refractivity contribution in [1.82, 2.24) is 5.32 Å². The summed E-state index contributed by atoms with van der Waals surface area (Å²) >= 11 is 0. The fraction of sp³-hybridized carbons (Fsp3) is 0.300. The predicted molar refractivity (Wildman–Crippen MR) is 107 cm³/mol. The van der Waals surface area contributed by atoms with E-state index < -0.39 is 27.7 Å². The van der Waals surface area contributed by atoms with Crippen molar-refractivity contribution in [3.05, 3.63) is 65.2 Å². The molecule has 6 nitrogen and oxygen atoms in total. The van der Waals surface area contributed by atoms with Gasteiger partial charge in [-0.3, -0.25) is 9.59 Å². The molecule has 0 saturated carbocycles. The van der Waals surface area contributed by atoms with Crippen molar-refractivity contribution in [3.63, 3.8) is 0 Å². The SMILES string of the molecule is Cc1ccc(C)c(NC(=O)[C@H](CCS(C)(=O)=O)NC(=O)c2ccccc2)c1. The summed E-state index contributed by atoms with van der Waals surface area (Å²) in [7, 11) is -3.27. The third-order valence-electron chi connectivity index (χ3n) is 4.09. The molecule has 2 amide bonds. The molecular weight excluding hydrogens is 364 g/mol. The fourth-order valence-electron chi connectivity index (χ4n) is 2.52. The van der Waals surface area contributed by atoms with Gasteiger partial charge in [0.15, 0.2) is 0 Å². The molecule has 0 saturated heterocycles. The summed E-state index contributed by atoms with van der Waals surface area (Å²) in [4.78, 5) is 25.2. The Balaban J connectivity index is 2.18. The second-order valence-electron chi connectivity index (χ2n) is 6.62. The first kappa shape index (κ1) is 20.6. The van der Waals surface area contributed by atoms with Gasteiger partial charge < -0.3 is 10.6 Å². The predicted octanol–water partition coefficient (Wildman–Crippen LogP) is 2.48. The van der Waals surface area contributed by atoms with E-state index in [-0.39, 0.29) is 12.2 Å². The number of aryl methyl sites for hydroxylation is 2. The smallest absolute Gasteiger partial charge is 0.251 e. The average molecular weight is 388 g/mol. The Morgan fingerprint density at radius 3 is 2.33 bits per heavy atom. The maximum absolute atomic E-state index is 12.7. The molecule has 0 aliphatic heterocycles. The van der Waals surface area contributed by atoms with Crippen LogP contribution in [0.4, 0.5) is 5.69 Å². The van der Waals surface area contributed by atoms with Crippen LogP contribution in [-0.2, 0) is 14.6 Å². The van der Waals surface area contributed by atoms with Crippen LogP contribution in [0.3, 0.4) is 0 Å². The number of carbonyl (C=O) groups excluding carboxylic acids is 2. The van der Waals surface area contributed by atoms with Gasteiger partial charge in [-0.2, -0.15) is 0 Å². The van der Waals surface area contributed by atoms with E-state index in [1.807, 2.05) is 32.0 Å². The molecule has 0 aliphatic rings. The maximum Gasteiger partial charge on any atom is 0.251 e. The number of nitrogens with one attached hydrogen (secondary N) is 2. The van der Waals surface area contributed by atoms with Gasteiger partial charge in [-0.1, -0.05) is 30.3 Å². The number of anilines is 1. The second kappa shape index (κ2) is 8.81. The standard InChI is InChI=1S/C20H24N2O4S/c1-14-9-10-15(2)18(13-14)22-20(24)17(11-12-27(3,25)26)21-19(23)16-7-5-4-6-8-16/h4-10,13,17H,11-12H2,1-3H3,(H,21,23)(H,22,24)/t17-/m0/s1. The number of benzene rings is 2. The van der Waals surface area contributed by atoms with Crippen LogP contribution in [-0.4, -0.2) is 38.3 Å². The van der Waals surface area contributed by atoms with Crippen LogP contribution >= 0.6 is 0 Å². The van der Waals surface area contributed by atoms with Crippen LogP contribution < -0.4 is 10.6 Å². The Hall–Kier alpha value is -2.67. The van der Waals surface area contributed by atoms with Crippen molar-refractivity contribution >= 4 is 27.3 Å². The number of hydrogen-bond donors (Lipinski definition) is 2. The topological polar surface area (TPSA) is 92.3 Å². The van der Waals surface area contributed by atoms with Crippen molar-refractivity contribution in [1.29, 1.82) is 0 Å². The van der Waals surface area contributed by atoms with Gasteiger partial charge in [0.25, 0.3) is 5.91 Å². The van der Waals surface area contributed by atoms with Crippen molar-refractivity contribution in [2.24, 2.45) is 0 Å². The summed E-state index contributed by atoms with van der Waals surface area (Å²) in [6.07, 6.45) is 1.10. The highest BCUT2D eigenvalue weighted by atomic mass is 32.2. The lowest BCUT2D eigenvalue weighted by Crippen LogP contribution is -2.44. The van der Waals surface area contributed by atoms with Gasteiger partial charge >= 0.3 is 0 Å². The summed E-state index contributed by atoms with van der Waals surface area (Å²) < 4.78 is 23.1. The normalized spacial score (nSPS) is 12.3. The number of sulfone groups is 1. The molecule has 27 heavy (non-hydrogen) atoms. The van der Waals surface area contributed by atoms with Crippen molar-refractivity contribution in [2.75, 3.05) is 17.3 Å². The van der Waals surface area contributed by atoms with E-state index in [2.05, 4.69) is 10.6 Å². The molecular formula is C20H24N2O4S. The zero-order valence-electron chi connectivity index (χ0n) is 15.7. The average Bonchev–Trinajstić information content (AvgIpc) is 2.61. The lowest BCUT2D eigenvalue weighted by molar-refractivity contribution is -0.118. The zero-order chi connectivity index (χ0) is 20.0. The van der Waals surface area contributed by atoms with Gasteiger partial charge in [0.05, 0.1) is 5.75 Å². The molecule has 0 aliphatic carbocycles. The highest BCUT2D eigenvalue weighted by Gasteiger charge is 2.23. The molecule has 1 atom stereocenters. The first-order chi connectivity index (χ1) is 12.7. The molecule has 2 rings (SSSR count). The van der Waals surface area contributed by atoms with E-state index in [9.17, 15) is 18.0 Å². The molecule has 0 unspecified atom stereocenters. The van der Waals surface area contributed by atoms with Gasteiger partial charge in [0.1, 0.15) is 15.9 Å². The van der Waals surface area contributed by atoms with Crippen molar-refractivity contribution < 1.29 is 18.0 Å². The van der Waals surface area contributed by atoms with E-state index >= 15 is 0 Å². The fourth-order valence-corrected chi connectivity index (χ4v) is 3.19. The summed E-state index contributed by atoms with van der Waals surface area (Å²) in [5.41, 5.74) is 2.90. The third kappa shape index (κ3) is 6.53. The number of amides is 2. The van der Waals surface area contributed by atoms with E-state index in [1.54, 1.807) is 30.3 Å². The molecule has 144 valence electrons. The van der Waals surface area contributed by atoms with Crippen LogP contribution in [0.5, 0.6) is 0 Å². The Morgan fingerprint density at radius 1 is 1.04 bits per heavy atom. The maximum atomic E-state index is 12.7. The Morgan fingerprint density at radius 2 is 1.70 bits per heavy atom. The molecule has 7 heteroatoms. The number of carbonyl (C=O) groups is 2. The quantitative estimate of drug-likeness (QED) is 0.762. The Labute approximate surface area is 159 Å². The molecule has 0 fully saturated rings. The van der Waals surface area contributed by atoms with E-state index in [4.69, 9.17) is 0 Å². The minimum atomic E-state index is -3.27. The van der Waals surface area contributed by atoms with Gasteiger partial charge in [0.2, 0.25) is 5.91 Å². The van der Waals surface area contributed by atoms with Gasteiger partial charge in [-0.15, -0.1) is 0 Å². The first-order valence-electron chi connectivity index (χ1n) is 8.57. The number of hydrogen-bond acceptors (Lipinski definition) is 4. The highest BCUT2D eigenvalue weighted by molar-refractivity contribution is 7.90. The zero-order valence-corrected chi connectivity index (χ0v) is 16.5. The molecule has 0 spiro atoms. The Kier molecular flexibility index (Phi) is 6.74. The van der Waals surface area contributed by atoms with Crippen LogP contribution in [0.15, 0.2) is 48.5 Å². The van der Waals surface area contributed by atoms with Crippen molar-refractivity contribution in [2.45, 2.75) is 26.3 Å². The molecule has 0 radical (unpaired) electrons. The summed E-state index contributed by atoms with van der Waals surface area (Å²) in [6, 6.07) is 13.2. The van der Waals surface area contributed by atoms with Crippen LogP contribution in [0.2, 0.25) is 0 Å². The van der Waals surface area contributed by atoms with Gasteiger partial charge in [-0.05, 0) is 49.6 Å². The molecule has 2 aromatic rings. The van der Waals surface area contributed by atoms with Crippen LogP contribution in [0.1, 0.15) is 27.9 Å².